The van der Waals surface area contributed by atoms with Crippen LogP contribution in [0.15, 0.2) is 17.3 Å². The topological polar surface area (TPSA) is 103 Å². The summed E-state index contributed by atoms with van der Waals surface area (Å²) in [6, 6.07) is 0. The van der Waals surface area contributed by atoms with Crippen LogP contribution in [0.25, 0.3) is 0 Å². The standard InChI is InChI=1S/C7H11N3O4S/c1-2-10(5-7(11)12)15(13,14)6-3-8-9-4-6/h3-4H,2,5H2,1H3,(H,8,9)(H,11,12). The van der Waals surface area contributed by atoms with Crippen molar-refractivity contribution in [2.24, 2.45) is 0 Å². The van der Waals surface area contributed by atoms with Gasteiger partial charge in [-0.25, -0.2) is 8.42 Å². The summed E-state index contributed by atoms with van der Waals surface area (Å²) in [5, 5.41) is 14.4. The van der Waals surface area contributed by atoms with E-state index in [1.54, 1.807) is 6.92 Å². The highest BCUT2D eigenvalue weighted by Crippen LogP contribution is 2.12. The molecule has 0 fully saturated rings. The van der Waals surface area contributed by atoms with Gasteiger partial charge < -0.3 is 5.11 Å². The van der Waals surface area contributed by atoms with Gasteiger partial charge in [-0.15, -0.1) is 0 Å². The number of hydrogen-bond donors (Lipinski definition) is 2. The number of carboxylic acids is 1. The van der Waals surface area contributed by atoms with E-state index in [9.17, 15) is 13.2 Å². The predicted octanol–water partition coefficient (Wildman–Crippen LogP) is -0.495. The second-order valence-electron chi connectivity index (χ2n) is 2.76. The van der Waals surface area contributed by atoms with E-state index in [4.69, 9.17) is 5.11 Å². The van der Waals surface area contributed by atoms with Gasteiger partial charge in [-0.2, -0.15) is 9.40 Å². The van der Waals surface area contributed by atoms with Gasteiger partial charge in [0.25, 0.3) is 0 Å². The van der Waals surface area contributed by atoms with Crippen molar-refractivity contribution in [3.05, 3.63) is 12.4 Å². The minimum atomic E-state index is -3.74. The van der Waals surface area contributed by atoms with Gasteiger partial charge in [0, 0.05) is 12.7 Å². The van der Waals surface area contributed by atoms with E-state index in [0.29, 0.717) is 0 Å². The van der Waals surface area contributed by atoms with E-state index in [1.807, 2.05) is 0 Å². The molecule has 0 aliphatic rings. The second-order valence-corrected chi connectivity index (χ2v) is 4.70. The SMILES string of the molecule is CCN(CC(=O)O)S(=O)(=O)c1cn[nH]c1. The molecule has 8 heteroatoms. The largest absolute Gasteiger partial charge is 0.480 e. The molecule has 0 spiro atoms. The third-order valence-corrected chi connectivity index (χ3v) is 3.66. The summed E-state index contributed by atoms with van der Waals surface area (Å²) in [6.45, 7) is 1.12. The number of H-pyrrole nitrogens is 1. The molecule has 0 saturated heterocycles. The maximum absolute atomic E-state index is 11.8. The number of nitrogens with zero attached hydrogens (tertiary/aromatic N) is 2. The van der Waals surface area contributed by atoms with Gasteiger partial charge in [0.2, 0.25) is 10.0 Å². The fourth-order valence-electron chi connectivity index (χ4n) is 1.05. The van der Waals surface area contributed by atoms with Crippen LogP contribution in [0.2, 0.25) is 0 Å². The Labute approximate surface area is 86.8 Å². The average Bonchev–Trinajstić information content (AvgIpc) is 2.66. The van der Waals surface area contributed by atoms with Crippen molar-refractivity contribution in [2.45, 2.75) is 11.8 Å². The lowest BCUT2D eigenvalue weighted by Gasteiger charge is -2.16. The van der Waals surface area contributed by atoms with Crippen LogP contribution in [0.3, 0.4) is 0 Å². The molecule has 7 nitrogen and oxygen atoms in total. The summed E-state index contributed by atoms with van der Waals surface area (Å²) >= 11 is 0. The number of sulfonamides is 1. The van der Waals surface area contributed by atoms with E-state index in [-0.39, 0.29) is 11.4 Å². The predicted molar refractivity (Wildman–Crippen MR) is 50.7 cm³/mol. The molecule has 0 amide bonds. The molecule has 0 unspecified atom stereocenters. The second kappa shape index (κ2) is 4.41. The Hall–Kier alpha value is -1.41. The molecule has 15 heavy (non-hydrogen) atoms. The molecule has 84 valence electrons. The zero-order valence-corrected chi connectivity index (χ0v) is 8.86. The quantitative estimate of drug-likeness (QED) is 0.714. The monoisotopic (exact) mass is 233 g/mol. The number of likely N-dealkylation sites (N-methyl/N-ethyl adjacent to an activating group) is 1. The van der Waals surface area contributed by atoms with Gasteiger partial charge >= 0.3 is 5.97 Å². The van der Waals surface area contributed by atoms with Crippen molar-refractivity contribution in [3.8, 4) is 0 Å². The summed E-state index contributed by atoms with van der Waals surface area (Å²) in [5.74, 6) is -1.19. The van der Waals surface area contributed by atoms with E-state index >= 15 is 0 Å². The zero-order valence-electron chi connectivity index (χ0n) is 8.04. The van der Waals surface area contributed by atoms with E-state index in [1.165, 1.54) is 6.20 Å². The summed E-state index contributed by atoms with van der Waals surface area (Å²) in [5.41, 5.74) is 0. The highest BCUT2D eigenvalue weighted by Gasteiger charge is 2.25. The lowest BCUT2D eigenvalue weighted by Crippen LogP contribution is -2.35. The molecule has 0 saturated carbocycles. The normalized spacial score (nSPS) is 11.9. The van der Waals surface area contributed by atoms with Crippen LogP contribution in [-0.4, -0.2) is 47.1 Å². The van der Waals surface area contributed by atoms with Crippen LogP contribution >= 0.6 is 0 Å². The molecular formula is C7H11N3O4S. The van der Waals surface area contributed by atoms with Crippen LogP contribution < -0.4 is 0 Å². The maximum Gasteiger partial charge on any atom is 0.318 e. The van der Waals surface area contributed by atoms with E-state index in [2.05, 4.69) is 10.2 Å². The maximum atomic E-state index is 11.8. The lowest BCUT2D eigenvalue weighted by molar-refractivity contribution is -0.137. The number of carboxylic acid groups (broad SMARTS) is 1. The molecule has 0 atom stereocenters. The minimum Gasteiger partial charge on any atom is -0.480 e. The molecule has 1 rings (SSSR count). The van der Waals surface area contributed by atoms with Crippen LogP contribution in [0.1, 0.15) is 6.92 Å². The number of aromatic amines is 1. The van der Waals surface area contributed by atoms with Crippen molar-refractivity contribution in [3.63, 3.8) is 0 Å². The smallest absolute Gasteiger partial charge is 0.318 e. The van der Waals surface area contributed by atoms with Crippen molar-refractivity contribution >= 4 is 16.0 Å². The first kappa shape index (κ1) is 11.7. The fourth-order valence-corrected chi connectivity index (χ4v) is 2.35. The Morgan fingerprint density at radius 1 is 1.67 bits per heavy atom. The summed E-state index contributed by atoms with van der Waals surface area (Å²) in [4.78, 5) is 10.4. The molecule has 0 bridgehead atoms. The Balaban J connectivity index is 2.98. The first-order chi connectivity index (χ1) is 6.98. The molecular weight excluding hydrogens is 222 g/mol. The summed E-state index contributed by atoms with van der Waals surface area (Å²) < 4.78 is 24.4. The van der Waals surface area contributed by atoms with E-state index in [0.717, 1.165) is 10.5 Å². The number of nitrogens with one attached hydrogen (secondary N) is 1. The highest BCUT2D eigenvalue weighted by atomic mass is 32.2. The van der Waals surface area contributed by atoms with Crippen molar-refractivity contribution in [1.82, 2.24) is 14.5 Å². The Morgan fingerprint density at radius 3 is 2.73 bits per heavy atom. The fraction of sp³-hybridized carbons (Fsp3) is 0.429. The van der Waals surface area contributed by atoms with Crippen molar-refractivity contribution < 1.29 is 18.3 Å². The third kappa shape index (κ3) is 2.54. The molecule has 1 aromatic heterocycles. The van der Waals surface area contributed by atoms with Crippen LogP contribution in [-0.2, 0) is 14.8 Å². The van der Waals surface area contributed by atoms with Crippen molar-refractivity contribution in [2.75, 3.05) is 13.1 Å². The van der Waals surface area contributed by atoms with Crippen LogP contribution in [0, 0.1) is 0 Å². The minimum absolute atomic E-state index is 0.0365. The molecule has 0 radical (unpaired) electrons. The van der Waals surface area contributed by atoms with Crippen LogP contribution in [0.4, 0.5) is 0 Å². The number of carbonyl (C=O) groups is 1. The van der Waals surface area contributed by atoms with Gasteiger partial charge in [-0.1, -0.05) is 6.92 Å². The number of hydrogen-bond acceptors (Lipinski definition) is 4. The summed E-state index contributed by atoms with van der Waals surface area (Å²) in [7, 11) is -3.74. The summed E-state index contributed by atoms with van der Waals surface area (Å²) in [6.07, 6.45) is 2.35. The Kier molecular flexibility index (Phi) is 3.43. The third-order valence-electron chi connectivity index (χ3n) is 1.78. The van der Waals surface area contributed by atoms with Crippen molar-refractivity contribution in [1.29, 1.82) is 0 Å². The van der Waals surface area contributed by atoms with Gasteiger partial charge in [-0.05, 0) is 0 Å². The number of rotatable bonds is 5. The molecule has 1 aromatic rings. The molecule has 0 aliphatic carbocycles. The number of aromatic nitrogens is 2. The van der Waals surface area contributed by atoms with E-state index < -0.39 is 22.5 Å². The molecule has 2 N–H and O–H groups in total. The van der Waals surface area contributed by atoms with Gasteiger partial charge in [0.1, 0.15) is 11.4 Å². The Bertz CT molecular complexity index is 425. The van der Waals surface area contributed by atoms with Crippen LogP contribution in [0.5, 0.6) is 0 Å². The first-order valence-corrected chi connectivity index (χ1v) is 5.63. The van der Waals surface area contributed by atoms with Gasteiger partial charge in [-0.3, -0.25) is 9.89 Å². The first-order valence-electron chi connectivity index (χ1n) is 4.19. The number of aliphatic carboxylic acids is 1. The molecule has 0 aliphatic heterocycles. The highest BCUT2D eigenvalue weighted by molar-refractivity contribution is 7.89. The average molecular weight is 233 g/mol. The van der Waals surface area contributed by atoms with Gasteiger partial charge in [0.15, 0.2) is 0 Å². The van der Waals surface area contributed by atoms with Gasteiger partial charge in [0.05, 0.1) is 6.20 Å². The molecule has 0 aromatic carbocycles. The zero-order chi connectivity index (χ0) is 11.5. The molecule has 1 heterocycles. The lowest BCUT2D eigenvalue weighted by atomic mass is 10.6. The Morgan fingerprint density at radius 2 is 2.33 bits per heavy atom.